The highest BCUT2D eigenvalue weighted by atomic mass is 79.9. The Labute approximate surface area is 113 Å². The molecule has 4 nitrogen and oxygen atoms in total. The second kappa shape index (κ2) is 6.37. The number of aryl methyl sites for hydroxylation is 1. The number of thioether (sulfide) groups is 1. The van der Waals surface area contributed by atoms with E-state index in [1.165, 1.54) is 6.07 Å². The third-order valence-electron chi connectivity index (χ3n) is 2.28. The van der Waals surface area contributed by atoms with Crippen LogP contribution in [0.5, 0.6) is 0 Å². The van der Waals surface area contributed by atoms with Gasteiger partial charge in [0, 0.05) is 33.4 Å². The Bertz CT molecular complexity index is 425. The van der Waals surface area contributed by atoms with E-state index in [-0.39, 0.29) is 23.1 Å². The van der Waals surface area contributed by atoms with Crippen LogP contribution < -0.4 is 0 Å². The smallest absolute Gasteiger partial charge is 0.273 e. The normalized spacial score (nSPS) is 12.5. The van der Waals surface area contributed by atoms with E-state index < -0.39 is 0 Å². The van der Waals surface area contributed by atoms with Gasteiger partial charge >= 0.3 is 0 Å². The second-order valence-corrected chi connectivity index (χ2v) is 5.84. The van der Waals surface area contributed by atoms with E-state index in [2.05, 4.69) is 15.9 Å². The molecule has 0 bridgehead atoms. The first-order chi connectivity index (χ1) is 7.95. The first-order valence-electron chi connectivity index (χ1n) is 5.14. The standard InChI is InChI=1S/C11H14BrNO3S/c1-7(5-14)6-17-11-3-8(2)10(13(15)16)4-9(11)12/h3-4,7,14H,5-6H2,1-2H3. The topological polar surface area (TPSA) is 63.4 Å². The number of halogens is 1. The van der Waals surface area contributed by atoms with Gasteiger partial charge in [0.15, 0.2) is 0 Å². The molecule has 1 atom stereocenters. The summed E-state index contributed by atoms with van der Waals surface area (Å²) in [4.78, 5) is 11.3. The number of nitro groups is 1. The van der Waals surface area contributed by atoms with E-state index in [0.717, 1.165) is 15.1 Å². The van der Waals surface area contributed by atoms with Gasteiger partial charge in [0.05, 0.1) is 4.92 Å². The lowest BCUT2D eigenvalue weighted by Gasteiger charge is -2.09. The molecule has 17 heavy (non-hydrogen) atoms. The molecule has 6 heteroatoms. The molecule has 0 aliphatic heterocycles. The van der Waals surface area contributed by atoms with Crippen molar-refractivity contribution in [3.8, 4) is 0 Å². The zero-order valence-corrected chi connectivity index (χ0v) is 12.0. The minimum absolute atomic E-state index is 0.122. The van der Waals surface area contributed by atoms with E-state index in [1.807, 2.05) is 6.92 Å². The van der Waals surface area contributed by atoms with Gasteiger partial charge in [-0.3, -0.25) is 10.1 Å². The Balaban J connectivity index is 2.88. The molecule has 0 aliphatic rings. The number of benzene rings is 1. The average molecular weight is 320 g/mol. The summed E-state index contributed by atoms with van der Waals surface area (Å²) < 4.78 is 0.727. The highest BCUT2D eigenvalue weighted by Crippen LogP contribution is 2.34. The Hall–Kier alpha value is -0.590. The lowest BCUT2D eigenvalue weighted by atomic mass is 10.2. The van der Waals surface area contributed by atoms with Gasteiger partial charge in [-0.1, -0.05) is 6.92 Å². The summed E-state index contributed by atoms with van der Waals surface area (Å²) in [6.07, 6.45) is 0. The fourth-order valence-corrected chi connectivity index (χ4v) is 2.94. The molecule has 0 spiro atoms. The Kier molecular flexibility index (Phi) is 5.42. The van der Waals surface area contributed by atoms with E-state index in [0.29, 0.717) is 5.56 Å². The van der Waals surface area contributed by atoms with Crippen molar-refractivity contribution in [1.29, 1.82) is 0 Å². The predicted molar refractivity (Wildman–Crippen MR) is 72.5 cm³/mol. The number of rotatable bonds is 5. The summed E-state index contributed by atoms with van der Waals surface area (Å²) in [5, 5.41) is 19.7. The minimum atomic E-state index is -0.384. The maximum absolute atomic E-state index is 10.7. The highest BCUT2D eigenvalue weighted by molar-refractivity contribution is 9.10. The maximum atomic E-state index is 10.7. The summed E-state index contributed by atoms with van der Waals surface area (Å²) in [6.45, 7) is 3.83. The van der Waals surface area contributed by atoms with Gasteiger partial charge in [-0.2, -0.15) is 0 Å². The summed E-state index contributed by atoms with van der Waals surface area (Å²) in [7, 11) is 0. The van der Waals surface area contributed by atoms with Crippen molar-refractivity contribution in [3.63, 3.8) is 0 Å². The van der Waals surface area contributed by atoms with E-state index >= 15 is 0 Å². The second-order valence-electron chi connectivity index (χ2n) is 3.92. The van der Waals surface area contributed by atoms with Gasteiger partial charge in [0.1, 0.15) is 0 Å². The molecule has 94 valence electrons. The van der Waals surface area contributed by atoms with Crippen molar-refractivity contribution in [3.05, 3.63) is 32.3 Å². The monoisotopic (exact) mass is 319 g/mol. The zero-order chi connectivity index (χ0) is 13.0. The molecule has 1 N–H and O–H groups in total. The number of nitro benzene ring substituents is 1. The Morgan fingerprint density at radius 1 is 1.59 bits per heavy atom. The van der Waals surface area contributed by atoms with Gasteiger partial charge < -0.3 is 5.11 Å². The molecule has 0 aromatic heterocycles. The molecule has 0 saturated heterocycles. The molecule has 1 rings (SSSR count). The molecule has 0 saturated carbocycles. The minimum Gasteiger partial charge on any atom is -0.396 e. The van der Waals surface area contributed by atoms with Crippen LogP contribution in [-0.4, -0.2) is 22.4 Å². The molecular weight excluding hydrogens is 306 g/mol. The summed E-state index contributed by atoms with van der Waals surface area (Å²) in [5.74, 6) is 0.995. The van der Waals surface area contributed by atoms with Crippen molar-refractivity contribution in [2.75, 3.05) is 12.4 Å². The average Bonchev–Trinajstić information content (AvgIpc) is 2.28. The lowest BCUT2D eigenvalue weighted by Crippen LogP contribution is -2.03. The van der Waals surface area contributed by atoms with Crippen LogP contribution in [0.2, 0.25) is 0 Å². The van der Waals surface area contributed by atoms with Crippen LogP contribution in [0.3, 0.4) is 0 Å². The molecule has 0 amide bonds. The summed E-state index contributed by atoms with van der Waals surface area (Å²) >= 11 is 4.92. The quantitative estimate of drug-likeness (QED) is 0.513. The molecule has 0 aliphatic carbocycles. The van der Waals surface area contributed by atoms with Crippen LogP contribution in [0.15, 0.2) is 21.5 Å². The van der Waals surface area contributed by atoms with Crippen LogP contribution in [0, 0.1) is 23.0 Å². The number of hydrogen-bond acceptors (Lipinski definition) is 4. The van der Waals surface area contributed by atoms with Crippen LogP contribution in [0.4, 0.5) is 5.69 Å². The van der Waals surface area contributed by atoms with Gasteiger partial charge in [0.25, 0.3) is 5.69 Å². The third-order valence-corrected chi connectivity index (χ3v) is 4.59. The fraction of sp³-hybridized carbons (Fsp3) is 0.455. The predicted octanol–water partition coefficient (Wildman–Crippen LogP) is 3.39. The summed E-state index contributed by atoms with van der Waals surface area (Å²) in [5.41, 5.74) is 0.772. The first-order valence-corrected chi connectivity index (χ1v) is 6.91. The molecule has 1 aromatic carbocycles. The highest BCUT2D eigenvalue weighted by Gasteiger charge is 2.14. The third kappa shape index (κ3) is 3.97. The van der Waals surface area contributed by atoms with Crippen LogP contribution in [0.1, 0.15) is 12.5 Å². The van der Waals surface area contributed by atoms with Crippen LogP contribution in [-0.2, 0) is 0 Å². The maximum Gasteiger partial charge on any atom is 0.273 e. The molecule has 0 radical (unpaired) electrons. The SMILES string of the molecule is Cc1cc(SCC(C)CO)c(Br)cc1[N+](=O)[O-]. The van der Waals surface area contributed by atoms with Crippen LogP contribution in [0.25, 0.3) is 0 Å². The number of hydrogen-bond donors (Lipinski definition) is 1. The van der Waals surface area contributed by atoms with E-state index in [9.17, 15) is 10.1 Å². The fourth-order valence-electron chi connectivity index (χ4n) is 1.24. The van der Waals surface area contributed by atoms with Crippen molar-refractivity contribution < 1.29 is 10.0 Å². The van der Waals surface area contributed by atoms with Gasteiger partial charge in [-0.15, -0.1) is 11.8 Å². The molecule has 0 heterocycles. The van der Waals surface area contributed by atoms with Crippen molar-refractivity contribution in [2.45, 2.75) is 18.7 Å². The van der Waals surface area contributed by atoms with Gasteiger partial charge in [-0.05, 0) is 34.8 Å². The first kappa shape index (κ1) is 14.5. The van der Waals surface area contributed by atoms with E-state index in [1.54, 1.807) is 24.8 Å². The number of aliphatic hydroxyl groups excluding tert-OH is 1. The molecule has 1 aromatic rings. The van der Waals surface area contributed by atoms with Crippen molar-refractivity contribution in [2.24, 2.45) is 5.92 Å². The molecule has 0 fully saturated rings. The zero-order valence-electron chi connectivity index (χ0n) is 9.64. The molecule has 1 unspecified atom stereocenters. The lowest BCUT2D eigenvalue weighted by molar-refractivity contribution is -0.385. The summed E-state index contributed by atoms with van der Waals surface area (Å²) in [6, 6.07) is 3.33. The van der Waals surface area contributed by atoms with Crippen molar-refractivity contribution >= 4 is 33.4 Å². The number of aliphatic hydroxyl groups is 1. The van der Waals surface area contributed by atoms with Crippen LogP contribution >= 0.6 is 27.7 Å². The van der Waals surface area contributed by atoms with E-state index in [4.69, 9.17) is 5.11 Å². The molecular formula is C11H14BrNO3S. The Morgan fingerprint density at radius 2 is 2.24 bits per heavy atom. The van der Waals surface area contributed by atoms with Crippen molar-refractivity contribution in [1.82, 2.24) is 0 Å². The van der Waals surface area contributed by atoms with Gasteiger partial charge in [0.2, 0.25) is 0 Å². The number of nitrogens with zero attached hydrogens (tertiary/aromatic N) is 1. The largest absolute Gasteiger partial charge is 0.396 e. The Morgan fingerprint density at radius 3 is 2.76 bits per heavy atom. The van der Waals surface area contributed by atoms with Gasteiger partial charge in [-0.25, -0.2) is 0 Å².